The van der Waals surface area contributed by atoms with E-state index in [9.17, 15) is 9.59 Å². The van der Waals surface area contributed by atoms with E-state index in [1.807, 2.05) is 18.2 Å². The van der Waals surface area contributed by atoms with E-state index in [4.69, 9.17) is 11.6 Å². The Kier molecular flexibility index (Phi) is 8.31. The highest BCUT2D eigenvalue weighted by molar-refractivity contribution is 6.30. The summed E-state index contributed by atoms with van der Waals surface area (Å²) in [6.45, 7) is 0. The van der Waals surface area contributed by atoms with Crippen LogP contribution < -0.4 is 10.6 Å². The van der Waals surface area contributed by atoms with Gasteiger partial charge in [0.15, 0.2) is 0 Å². The molecule has 0 saturated heterocycles. The maximum Gasteiger partial charge on any atom is 0.254 e. The molecule has 2 fully saturated rings. The molecular formula is C23H31ClN4O2. The van der Waals surface area contributed by atoms with Gasteiger partial charge in [0.2, 0.25) is 5.91 Å². The van der Waals surface area contributed by atoms with Crippen LogP contribution in [0.3, 0.4) is 0 Å². The Hall–Kier alpha value is -2.34. The molecule has 1 aromatic heterocycles. The minimum Gasteiger partial charge on any atom is -0.355 e. The lowest BCUT2D eigenvalue weighted by Crippen LogP contribution is -2.36. The van der Waals surface area contributed by atoms with Crippen molar-refractivity contribution in [1.82, 2.24) is 20.8 Å². The summed E-state index contributed by atoms with van der Waals surface area (Å²) >= 11 is 6.15. The molecule has 2 aliphatic carbocycles. The number of carbonyl (C=O) groups excluding carboxylic acids is 2. The van der Waals surface area contributed by atoms with E-state index in [0.29, 0.717) is 11.5 Å². The molecule has 30 heavy (non-hydrogen) atoms. The summed E-state index contributed by atoms with van der Waals surface area (Å²) in [5.74, 6) is 0.926. The summed E-state index contributed by atoms with van der Waals surface area (Å²) in [7, 11) is 1.58. The zero-order valence-electron chi connectivity index (χ0n) is 17.5. The Bertz CT molecular complexity index is 812. The van der Waals surface area contributed by atoms with Crippen molar-refractivity contribution < 1.29 is 9.59 Å². The number of rotatable bonds is 5. The first-order valence-electron chi connectivity index (χ1n) is 10.8. The topological polar surface area (TPSA) is 86.9 Å². The highest BCUT2D eigenvalue weighted by Gasteiger charge is 2.31. The Morgan fingerprint density at radius 3 is 2.43 bits per heavy atom. The largest absolute Gasteiger partial charge is 0.355 e. The molecule has 0 bridgehead atoms. The summed E-state index contributed by atoms with van der Waals surface area (Å²) in [5.41, 5.74) is 1.72. The van der Waals surface area contributed by atoms with E-state index >= 15 is 0 Å². The van der Waals surface area contributed by atoms with Gasteiger partial charge in [-0.1, -0.05) is 49.4 Å². The van der Waals surface area contributed by atoms with Crippen molar-refractivity contribution in [3.63, 3.8) is 0 Å². The summed E-state index contributed by atoms with van der Waals surface area (Å²) in [6, 6.07) is 8.14. The first kappa shape index (κ1) is 22.3. The molecule has 1 aromatic carbocycles. The van der Waals surface area contributed by atoms with Crippen LogP contribution in [0.25, 0.3) is 0 Å². The van der Waals surface area contributed by atoms with Gasteiger partial charge in [0.1, 0.15) is 0 Å². The third-order valence-corrected chi connectivity index (χ3v) is 6.33. The minimum absolute atomic E-state index is 0.122. The van der Waals surface area contributed by atoms with Crippen molar-refractivity contribution in [1.29, 1.82) is 0 Å². The van der Waals surface area contributed by atoms with E-state index in [2.05, 4.69) is 26.9 Å². The standard InChI is InChI=1S/C18H24ClNO.C5H7N3O/c19-16-11-5-10-15(12-16)17(13-6-1-2-7-13)20-18(21)14-8-3-4-9-14;1-6-5(9)4-2-7-8-3-4/h5,10-14,17H,1-4,6-9H2,(H,20,21);2-3H,1H3,(H,6,9)(H,7,8). The molecule has 4 rings (SSSR count). The van der Waals surface area contributed by atoms with Gasteiger partial charge in [-0.25, -0.2) is 0 Å². The maximum absolute atomic E-state index is 12.5. The molecule has 2 aliphatic rings. The molecule has 0 spiro atoms. The molecule has 2 amide bonds. The van der Waals surface area contributed by atoms with Gasteiger partial charge in [0, 0.05) is 24.2 Å². The number of hydrogen-bond donors (Lipinski definition) is 3. The van der Waals surface area contributed by atoms with Crippen LogP contribution in [-0.2, 0) is 4.79 Å². The van der Waals surface area contributed by atoms with E-state index in [1.54, 1.807) is 13.2 Å². The lowest BCUT2D eigenvalue weighted by Gasteiger charge is -2.27. The van der Waals surface area contributed by atoms with Crippen LogP contribution in [0, 0.1) is 11.8 Å². The maximum atomic E-state index is 12.5. The Labute approximate surface area is 183 Å². The molecule has 1 heterocycles. The number of nitrogens with zero attached hydrogens (tertiary/aromatic N) is 1. The molecule has 0 radical (unpaired) electrons. The second-order valence-electron chi connectivity index (χ2n) is 8.13. The first-order valence-corrected chi connectivity index (χ1v) is 11.2. The lowest BCUT2D eigenvalue weighted by molar-refractivity contribution is -0.126. The average Bonchev–Trinajstić information content (AvgIpc) is 3.53. The normalized spacial score (nSPS) is 17.8. The zero-order chi connectivity index (χ0) is 21.3. The third-order valence-electron chi connectivity index (χ3n) is 6.09. The molecule has 3 N–H and O–H groups in total. The monoisotopic (exact) mass is 430 g/mol. The van der Waals surface area contributed by atoms with E-state index in [1.165, 1.54) is 50.3 Å². The van der Waals surface area contributed by atoms with Crippen LogP contribution in [0.15, 0.2) is 36.7 Å². The van der Waals surface area contributed by atoms with Crippen LogP contribution >= 0.6 is 11.6 Å². The van der Waals surface area contributed by atoms with Crippen molar-refractivity contribution >= 4 is 23.4 Å². The summed E-state index contributed by atoms with van der Waals surface area (Å²) in [4.78, 5) is 23.2. The Morgan fingerprint density at radius 2 is 1.83 bits per heavy atom. The van der Waals surface area contributed by atoms with Gasteiger partial charge in [-0.2, -0.15) is 5.10 Å². The predicted molar refractivity (Wildman–Crippen MR) is 118 cm³/mol. The Morgan fingerprint density at radius 1 is 1.13 bits per heavy atom. The number of hydrogen-bond acceptors (Lipinski definition) is 3. The quantitative estimate of drug-likeness (QED) is 0.645. The van der Waals surface area contributed by atoms with Crippen molar-refractivity contribution in [3.8, 4) is 0 Å². The van der Waals surface area contributed by atoms with Crippen LogP contribution in [-0.4, -0.2) is 29.1 Å². The number of aromatic nitrogens is 2. The summed E-state index contributed by atoms with van der Waals surface area (Å²) in [6.07, 6.45) is 12.5. The molecule has 1 unspecified atom stereocenters. The Balaban J connectivity index is 0.000000239. The molecule has 2 aromatic rings. The lowest BCUT2D eigenvalue weighted by atomic mass is 9.91. The highest BCUT2D eigenvalue weighted by Crippen LogP contribution is 2.37. The number of halogens is 1. The zero-order valence-corrected chi connectivity index (χ0v) is 18.3. The predicted octanol–water partition coefficient (Wildman–Crippen LogP) is 4.65. The fraction of sp³-hybridized carbons (Fsp3) is 0.522. The fourth-order valence-electron chi connectivity index (χ4n) is 4.44. The van der Waals surface area contributed by atoms with Crippen LogP contribution in [0.1, 0.15) is 73.3 Å². The van der Waals surface area contributed by atoms with Crippen molar-refractivity contribution in [2.24, 2.45) is 11.8 Å². The number of amides is 2. The molecule has 2 saturated carbocycles. The van der Waals surface area contributed by atoms with Crippen LogP contribution in [0.2, 0.25) is 5.02 Å². The van der Waals surface area contributed by atoms with Gasteiger partial charge in [0.25, 0.3) is 5.91 Å². The SMILES string of the molecule is CNC(=O)c1cn[nH]c1.O=C(NC(c1cccc(Cl)c1)C1CCCC1)C1CCCC1. The van der Waals surface area contributed by atoms with E-state index < -0.39 is 0 Å². The number of carbonyl (C=O) groups is 2. The smallest absolute Gasteiger partial charge is 0.254 e. The second-order valence-corrected chi connectivity index (χ2v) is 8.57. The number of nitrogens with one attached hydrogen (secondary N) is 3. The molecule has 1 atom stereocenters. The number of aromatic amines is 1. The number of H-pyrrole nitrogens is 1. The van der Waals surface area contributed by atoms with Crippen molar-refractivity contribution in [3.05, 3.63) is 52.8 Å². The second kappa shape index (κ2) is 11.2. The third kappa shape index (κ3) is 6.08. The van der Waals surface area contributed by atoms with Gasteiger partial charge in [-0.05, 0) is 49.3 Å². The van der Waals surface area contributed by atoms with Gasteiger partial charge < -0.3 is 10.6 Å². The average molecular weight is 431 g/mol. The molecule has 7 heteroatoms. The van der Waals surface area contributed by atoms with Gasteiger partial charge in [-0.3, -0.25) is 14.7 Å². The minimum atomic E-state index is -0.122. The highest BCUT2D eigenvalue weighted by atomic mass is 35.5. The molecule has 6 nitrogen and oxygen atoms in total. The van der Waals surface area contributed by atoms with E-state index in [-0.39, 0.29) is 23.8 Å². The van der Waals surface area contributed by atoms with E-state index in [0.717, 1.165) is 17.9 Å². The fourth-order valence-corrected chi connectivity index (χ4v) is 4.64. The first-order chi connectivity index (χ1) is 14.6. The van der Waals surface area contributed by atoms with Gasteiger partial charge >= 0.3 is 0 Å². The van der Waals surface area contributed by atoms with Gasteiger partial charge in [-0.15, -0.1) is 0 Å². The van der Waals surface area contributed by atoms with Crippen molar-refractivity contribution in [2.45, 2.75) is 57.4 Å². The molecule has 162 valence electrons. The van der Waals surface area contributed by atoms with Crippen LogP contribution in [0.5, 0.6) is 0 Å². The number of benzene rings is 1. The van der Waals surface area contributed by atoms with Crippen LogP contribution in [0.4, 0.5) is 0 Å². The molecular weight excluding hydrogens is 400 g/mol. The van der Waals surface area contributed by atoms with Crippen molar-refractivity contribution in [2.75, 3.05) is 7.05 Å². The molecule has 0 aliphatic heterocycles. The van der Waals surface area contributed by atoms with Gasteiger partial charge in [0.05, 0.1) is 17.8 Å². The summed E-state index contributed by atoms with van der Waals surface area (Å²) in [5, 5.41) is 12.7. The summed E-state index contributed by atoms with van der Waals surface area (Å²) < 4.78 is 0.